The van der Waals surface area contributed by atoms with Gasteiger partial charge in [0, 0.05) is 0 Å². The predicted molar refractivity (Wildman–Crippen MR) is 94.6 cm³/mol. The van der Waals surface area contributed by atoms with E-state index in [1.54, 1.807) is 5.30 Å². The van der Waals surface area contributed by atoms with Crippen LogP contribution >= 0.6 is 7.92 Å². The zero-order valence-corrected chi connectivity index (χ0v) is 16.2. The van der Waals surface area contributed by atoms with Crippen molar-refractivity contribution in [3.63, 3.8) is 0 Å². The van der Waals surface area contributed by atoms with Crippen molar-refractivity contribution in [3.8, 4) is 0 Å². The first-order valence-corrected chi connectivity index (χ1v) is 9.57. The summed E-state index contributed by atoms with van der Waals surface area (Å²) >= 11 is 0. The number of hydrogen-bond donors (Lipinski definition) is 0. The minimum atomic E-state index is -0.0617. The molecular formula is C20H21F2PTi. The van der Waals surface area contributed by atoms with Crippen molar-refractivity contribution in [2.24, 2.45) is 11.8 Å². The maximum atomic E-state index is 2.64. The van der Waals surface area contributed by atoms with Crippen LogP contribution in [-0.2, 0) is 21.7 Å². The van der Waals surface area contributed by atoms with Crippen LogP contribution in [0.15, 0.2) is 60.7 Å². The number of allylic oxidation sites excluding steroid dienone is 4. The van der Waals surface area contributed by atoms with Crippen molar-refractivity contribution in [2.75, 3.05) is 6.16 Å². The summed E-state index contributed by atoms with van der Waals surface area (Å²) < 4.78 is 0. The summed E-state index contributed by atoms with van der Waals surface area (Å²) in [5.41, 5.74) is 0.782. The molecule has 0 nitrogen and oxygen atoms in total. The fourth-order valence-corrected chi connectivity index (χ4v) is 6.60. The maximum Gasteiger partial charge on any atom is 4.00 e. The van der Waals surface area contributed by atoms with Crippen molar-refractivity contribution in [2.45, 2.75) is 19.0 Å². The molecule has 24 heavy (non-hydrogen) atoms. The van der Waals surface area contributed by atoms with Crippen LogP contribution in [0.1, 0.15) is 13.3 Å². The van der Waals surface area contributed by atoms with Crippen LogP contribution in [-0.4, -0.2) is 11.8 Å². The summed E-state index contributed by atoms with van der Waals surface area (Å²) in [4.78, 5) is 0. The molecular weight excluding hydrogens is 357 g/mol. The molecule has 2 aliphatic carbocycles. The van der Waals surface area contributed by atoms with E-state index >= 15 is 0 Å². The van der Waals surface area contributed by atoms with Crippen LogP contribution in [0.2, 0.25) is 0 Å². The van der Waals surface area contributed by atoms with Gasteiger partial charge in [0.25, 0.3) is 0 Å². The summed E-state index contributed by atoms with van der Waals surface area (Å²) in [6.07, 6.45) is 14.5. The molecule has 1 fully saturated rings. The Hall–Kier alpha value is -0.686. The van der Waals surface area contributed by atoms with Crippen molar-refractivity contribution in [1.82, 2.24) is 0 Å². The van der Waals surface area contributed by atoms with E-state index in [1.807, 2.05) is 0 Å². The second kappa shape index (κ2) is 9.13. The molecule has 0 amide bonds. The standard InChI is InChI=1S/C20H21P.2FH.Ti/c1-2-21(19-11-15-7-3-4-8-16(15)12-19)20-13-17-9-5-6-10-18(17)14-20;;;/h3-13,17-18,20H,2,14H2,1H3;2*1H;/q-2;;;+4/p-2. The smallest absolute Gasteiger partial charge is 1.00 e. The average molecular weight is 378 g/mol. The molecule has 0 heterocycles. The first kappa shape index (κ1) is 21.4. The van der Waals surface area contributed by atoms with Crippen molar-refractivity contribution < 1.29 is 31.1 Å². The Bertz CT molecular complexity index is 653. The number of hydrogen-bond acceptors (Lipinski definition) is 0. The summed E-state index contributed by atoms with van der Waals surface area (Å²) in [6.45, 7) is 2.37. The van der Waals surface area contributed by atoms with Crippen LogP contribution in [0.4, 0.5) is 0 Å². The molecule has 2 aliphatic rings. The third-order valence-corrected chi connectivity index (χ3v) is 7.72. The van der Waals surface area contributed by atoms with Gasteiger partial charge in [0.2, 0.25) is 0 Å². The maximum absolute atomic E-state index is 2.64. The van der Waals surface area contributed by atoms with Crippen LogP contribution < -0.4 is 14.7 Å². The summed E-state index contributed by atoms with van der Waals surface area (Å²) in [7, 11) is -0.0617. The number of fused-ring (bicyclic) bond motifs is 2. The number of rotatable bonds is 3. The molecule has 4 unspecified atom stereocenters. The molecule has 4 atom stereocenters. The molecule has 124 valence electrons. The van der Waals surface area contributed by atoms with Gasteiger partial charge in [-0.05, 0) is 12.1 Å². The minimum Gasteiger partial charge on any atom is -1.00 e. The fraction of sp³-hybridized carbons (Fsp3) is 0.300. The quantitative estimate of drug-likeness (QED) is 0.366. The van der Waals surface area contributed by atoms with Crippen LogP contribution in [0.25, 0.3) is 10.8 Å². The second-order valence-electron chi connectivity index (χ2n) is 6.13. The topological polar surface area (TPSA) is 0 Å². The molecule has 0 spiro atoms. The molecule has 0 N–H and O–H groups in total. The van der Waals surface area contributed by atoms with Gasteiger partial charge < -0.3 is 15.8 Å². The molecule has 0 bridgehead atoms. The van der Waals surface area contributed by atoms with Gasteiger partial charge in [-0.25, -0.2) is 0 Å². The third-order valence-electron chi connectivity index (χ3n) is 4.93. The van der Waals surface area contributed by atoms with E-state index in [0.29, 0.717) is 5.92 Å². The summed E-state index contributed by atoms with van der Waals surface area (Å²) in [5, 5.41) is 4.41. The van der Waals surface area contributed by atoms with Crippen LogP contribution in [0.5, 0.6) is 0 Å². The Morgan fingerprint density at radius 1 is 1.12 bits per heavy atom. The molecule has 0 saturated heterocycles. The van der Waals surface area contributed by atoms with Crippen LogP contribution in [0.3, 0.4) is 0 Å². The summed E-state index contributed by atoms with van der Waals surface area (Å²) in [5.74, 6) is 1.43. The van der Waals surface area contributed by atoms with E-state index in [9.17, 15) is 0 Å². The predicted octanol–water partition coefficient (Wildman–Crippen LogP) is -0.974. The SMILES string of the molecule is CCP(c1cc2ccccc2[cH-]1)C1[CH-]C2C=CC=CC2C1.[F-].[F-].[Ti+4]. The van der Waals surface area contributed by atoms with E-state index < -0.39 is 0 Å². The van der Waals surface area contributed by atoms with Gasteiger partial charge in [-0.15, -0.1) is 65.9 Å². The molecule has 0 aliphatic heterocycles. The van der Waals surface area contributed by atoms with E-state index in [4.69, 9.17) is 0 Å². The molecule has 4 heteroatoms. The molecule has 0 radical (unpaired) electrons. The summed E-state index contributed by atoms with van der Waals surface area (Å²) in [6, 6.07) is 13.6. The van der Waals surface area contributed by atoms with E-state index in [1.165, 1.54) is 23.4 Å². The van der Waals surface area contributed by atoms with Gasteiger partial charge in [-0.1, -0.05) is 37.6 Å². The van der Waals surface area contributed by atoms with Crippen molar-refractivity contribution in [1.29, 1.82) is 0 Å². The van der Waals surface area contributed by atoms with Crippen molar-refractivity contribution >= 4 is 24.0 Å². The zero-order valence-electron chi connectivity index (χ0n) is 13.7. The van der Waals surface area contributed by atoms with Gasteiger partial charge >= 0.3 is 21.7 Å². The normalized spacial score (nSPS) is 25.3. The second-order valence-corrected chi connectivity index (χ2v) is 8.89. The van der Waals surface area contributed by atoms with E-state index in [0.717, 1.165) is 11.6 Å². The number of benzene rings is 1. The average Bonchev–Trinajstić information content (AvgIpc) is 3.11. The van der Waals surface area contributed by atoms with Gasteiger partial charge in [-0.2, -0.15) is 6.07 Å². The van der Waals surface area contributed by atoms with Gasteiger partial charge in [-0.3, -0.25) is 0 Å². The van der Waals surface area contributed by atoms with E-state index in [2.05, 4.69) is 74.0 Å². The molecule has 4 rings (SSSR count). The Labute approximate surface area is 159 Å². The molecule has 2 aromatic carbocycles. The van der Waals surface area contributed by atoms with Gasteiger partial charge in [0.15, 0.2) is 0 Å². The monoisotopic (exact) mass is 378 g/mol. The van der Waals surface area contributed by atoms with Gasteiger partial charge in [0.1, 0.15) is 0 Å². The minimum absolute atomic E-state index is 0. The molecule has 1 saturated carbocycles. The van der Waals surface area contributed by atoms with E-state index in [-0.39, 0.29) is 39.0 Å². The van der Waals surface area contributed by atoms with Crippen LogP contribution in [0, 0.1) is 18.3 Å². The molecule has 0 aromatic heterocycles. The molecule has 2 aromatic rings. The Balaban J connectivity index is 0.000000960. The Morgan fingerprint density at radius 2 is 1.88 bits per heavy atom. The first-order chi connectivity index (χ1) is 10.3. The fourth-order valence-electron chi connectivity index (χ4n) is 3.87. The van der Waals surface area contributed by atoms with Crippen molar-refractivity contribution in [3.05, 3.63) is 67.1 Å². The number of halogens is 2. The Kier molecular flexibility index (Phi) is 8.13. The first-order valence-electron chi connectivity index (χ1n) is 7.97. The largest absolute Gasteiger partial charge is 4.00 e. The third kappa shape index (κ3) is 3.93. The Morgan fingerprint density at radius 3 is 2.58 bits per heavy atom. The zero-order chi connectivity index (χ0) is 14.2. The van der Waals surface area contributed by atoms with Gasteiger partial charge in [0.05, 0.1) is 0 Å².